The van der Waals surface area contributed by atoms with Gasteiger partial charge in [-0.3, -0.25) is 4.79 Å². The molecule has 3 nitrogen and oxygen atoms in total. The van der Waals surface area contributed by atoms with E-state index in [1.807, 2.05) is 42.0 Å². The zero-order valence-electron chi connectivity index (χ0n) is 11.4. The molecule has 2 rings (SSSR count). The number of hydrogen-bond acceptors (Lipinski definition) is 1. The third-order valence-corrected chi connectivity index (χ3v) is 3.68. The average Bonchev–Trinajstić information content (AvgIpc) is 2.74. The Bertz CT molecular complexity index is 637. The number of aromatic nitrogens is 1. The van der Waals surface area contributed by atoms with Crippen molar-refractivity contribution in [3.8, 4) is 0 Å². The SMILES string of the molecule is CCCn1cc(Br)cc1C(=O)Nc1ccc(C)cc1Cl. The molecule has 106 valence electrons. The van der Waals surface area contributed by atoms with Gasteiger partial charge >= 0.3 is 0 Å². The molecule has 0 saturated heterocycles. The van der Waals surface area contributed by atoms with Crippen LogP contribution in [-0.2, 0) is 6.54 Å². The summed E-state index contributed by atoms with van der Waals surface area (Å²) in [5, 5.41) is 3.40. The lowest BCUT2D eigenvalue weighted by atomic mass is 10.2. The number of hydrogen-bond donors (Lipinski definition) is 1. The fourth-order valence-electron chi connectivity index (χ4n) is 2.00. The molecule has 1 N–H and O–H groups in total. The number of nitrogens with zero attached hydrogens (tertiary/aromatic N) is 1. The minimum atomic E-state index is -0.157. The van der Waals surface area contributed by atoms with Crippen LogP contribution in [0, 0.1) is 6.92 Å². The monoisotopic (exact) mass is 354 g/mol. The van der Waals surface area contributed by atoms with Gasteiger partial charge in [-0.25, -0.2) is 0 Å². The number of aryl methyl sites for hydroxylation is 2. The second-order valence-electron chi connectivity index (χ2n) is 4.67. The zero-order valence-corrected chi connectivity index (χ0v) is 13.8. The van der Waals surface area contributed by atoms with Gasteiger partial charge in [-0.1, -0.05) is 24.6 Å². The van der Waals surface area contributed by atoms with Crippen LogP contribution < -0.4 is 5.32 Å². The quantitative estimate of drug-likeness (QED) is 0.833. The van der Waals surface area contributed by atoms with Crippen LogP contribution in [-0.4, -0.2) is 10.5 Å². The van der Waals surface area contributed by atoms with Gasteiger partial charge in [0.15, 0.2) is 0 Å². The summed E-state index contributed by atoms with van der Waals surface area (Å²) in [4.78, 5) is 12.3. The molecule has 2 aromatic rings. The van der Waals surface area contributed by atoms with Crippen LogP contribution in [0.4, 0.5) is 5.69 Å². The highest BCUT2D eigenvalue weighted by Gasteiger charge is 2.14. The number of carbonyl (C=O) groups is 1. The largest absolute Gasteiger partial charge is 0.342 e. The Morgan fingerprint density at radius 1 is 1.40 bits per heavy atom. The first-order chi connectivity index (χ1) is 9.51. The van der Waals surface area contributed by atoms with Crippen molar-refractivity contribution in [2.24, 2.45) is 0 Å². The summed E-state index contributed by atoms with van der Waals surface area (Å²) in [6.07, 6.45) is 2.88. The van der Waals surface area contributed by atoms with Crippen LogP contribution in [0.5, 0.6) is 0 Å². The van der Waals surface area contributed by atoms with Crippen molar-refractivity contribution in [1.29, 1.82) is 0 Å². The molecule has 5 heteroatoms. The third-order valence-electron chi connectivity index (χ3n) is 2.93. The molecule has 0 aliphatic rings. The first-order valence-corrected chi connectivity index (χ1v) is 7.61. The van der Waals surface area contributed by atoms with E-state index in [4.69, 9.17) is 11.6 Å². The fourth-order valence-corrected chi connectivity index (χ4v) is 2.75. The Morgan fingerprint density at radius 2 is 2.15 bits per heavy atom. The number of amides is 1. The molecular formula is C15H16BrClN2O. The Kier molecular flexibility index (Phi) is 4.89. The van der Waals surface area contributed by atoms with Crippen LogP contribution >= 0.6 is 27.5 Å². The minimum absolute atomic E-state index is 0.157. The molecule has 0 aliphatic heterocycles. The van der Waals surface area contributed by atoms with Gasteiger partial charge in [0.05, 0.1) is 10.7 Å². The van der Waals surface area contributed by atoms with E-state index in [2.05, 4.69) is 28.2 Å². The standard InChI is InChI=1S/C15H16BrClN2O/c1-3-6-19-9-11(16)8-14(19)15(20)18-13-5-4-10(2)7-12(13)17/h4-5,7-9H,3,6H2,1-2H3,(H,18,20). The molecule has 1 aromatic carbocycles. The van der Waals surface area contributed by atoms with E-state index < -0.39 is 0 Å². The van der Waals surface area contributed by atoms with E-state index in [1.54, 1.807) is 0 Å². The highest BCUT2D eigenvalue weighted by Crippen LogP contribution is 2.24. The smallest absolute Gasteiger partial charge is 0.272 e. The predicted octanol–water partition coefficient (Wildman–Crippen LogP) is 4.87. The summed E-state index contributed by atoms with van der Waals surface area (Å²) in [5.74, 6) is -0.157. The molecule has 0 saturated carbocycles. The van der Waals surface area contributed by atoms with Crippen LogP contribution in [0.1, 0.15) is 29.4 Å². The van der Waals surface area contributed by atoms with E-state index in [0.717, 1.165) is 23.0 Å². The van der Waals surface area contributed by atoms with Gasteiger partial charge in [0.2, 0.25) is 0 Å². The Hall–Kier alpha value is -1.26. The van der Waals surface area contributed by atoms with E-state index in [-0.39, 0.29) is 5.91 Å². The van der Waals surface area contributed by atoms with E-state index in [1.165, 1.54) is 0 Å². The summed E-state index contributed by atoms with van der Waals surface area (Å²) in [7, 11) is 0. The van der Waals surface area contributed by atoms with Crippen LogP contribution in [0.2, 0.25) is 5.02 Å². The van der Waals surface area contributed by atoms with Crippen molar-refractivity contribution in [3.05, 3.63) is 51.2 Å². The van der Waals surface area contributed by atoms with Crippen molar-refractivity contribution in [3.63, 3.8) is 0 Å². The molecule has 0 atom stereocenters. The van der Waals surface area contributed by atoms with Gasteiger partial charge in [-0.15, -0.1) is 0 Å². The van der Waals surface area contributed by atoms with Crippen molar-refractivity contribution >= 4 is 39.1 Å². The molecule has 0 spiro atoms. The average molecular weight is 356 g/mol. The molecule has 0 aliphatic carbocycles. The fraction of sp³-hybridized carbons (Fsp3) is 0.267. The highest BCUT2D eigenvalue weighted by molar-refractivity contribution is 9.10. The Labute approximate surface area is 132 Å². The molecule has 1 aromatic heterocycles. The lowest BCUT2D eigenvalue weighted by Crippen LogP contribution is -2.17. The number of carbonyl (C=O) groups excluding carboxylic acids is 1. The maximum Gasteiger partial charge on any atom is 0.272 e. The number of rotatable bonds is 4. The summed E-state index contributed by atoms with van der Waals surface area (Å²) in [6, 6.07) is 7.38. The minimum Gasteiger partial charge on any atom is -0.342 e. The van der Waals surface area contributed by atoms with Gasteiger partial charge in [0, 0.05) is 17.2 Å². The summed E-state index contributed by atoms with van der Waals surface area (Å²) >= 11 is 9.54. The first kappa shape index (κ1) is 15.1. The highest BCUT2D eigenvalue weighted by atomic mass is 79.9. The van der Waals surface area contributed by atoms with Crippen LogP contribution in [0.15, 0.2) is 34.9 Å². The number of anilines is 1. The second-order valence-corrected chi connectivity index (χ2v) is 6.00. The number of benzene rings is 1. The van der Waals surface area contributed by atoms with Gasteiger partial charge in [-0.05, 0) is 53.0 Å². The van der Waals surface area contributed by atoms with Gasteiger partial charge < -0.3 is 9.88 Å². The molecule has 1 heterocycles. The zero-order chi connectivity index (χ0) is 14.7. The molecular weight excluding hydrogens is 340 g/mol. The number of nitrogens with one attached hydrogen (secondary N) is 1. The van der Waals surface area contributed by atoms with Crippen LogP contribution in [0.25, 0.3) is 0 Å². The first-order valence-electron chi connectivity index (χ1n) is 6.44. The van der Waals surface area contributed by atoms with Crippen LogP contribution in [0.3, 0.4) is 0 Å². The molecule has 0 fully saturated rings. The van der Waals surface area contributed by atoms with Crippen molar-refractivity contribution in [2.45, 2.75) is 26.8 Å². The molecule has 0 radical (unpaired) electrons. The van der Waals surface area contributed by atoms with Gasteiger partial charge in [0.25, 0.3) is 5.91 Å². The van der Waals surface area contributed by atoms with Crippen molar-refractivity contribution in [1.82, 2.24) is 4.57 Å². The van der Waals surface area contributed by atoms with Crippen molar-refractivity contribution < 1.29 is 4.79 Å². The topological polar surface area (TPSA) is 34.0 Å². The Balaban J connectivity index is 2.23. The summed E-state index contributed by atoms with van der Waals surface area (Å²) < 4.78 is 2.83. The summed E-state index contributed by atoms with van der Waals surface area (Å²) in [5.41, 5.74) is 2.31. The van der Waals surface area contributed by atoms with Crippen molar-refractivity contribution in [2.75, 3.05) is 5.32 Å². The normalized spacial score (nSPS) is 10.6. The molecule has 0 bridgehead atoms. The third kappa shape index (κ3) is 3.44. The molecule has 20 heavy (non-hydrogen) atoms. The van der Waals surface area contributed by atoms with Gasteiger partial charge in [0.1, 0.15) is 5.69 Å². The van der Waals surface area contributed by atoms with E-state index in [0.29, 0.717) is 16.4 Å². The van der Waals surface area contributed by atoms with Gasteiger partial charge in [-0.2, -0.15) is 0 Å². The predicted molar refractivity (Wildman–Crippen MR) is 86.6 cm³/mol. The maximum atomic E-state index is 12.3. The second kappa shape index (κ2) is 6.46. The van der Waals surface area contributed by atoms with E-state index >= 15 is 0 Å². The lowest BCUT2D eigenvalue weighted by molar-refractivity contribution is 0.101. The number of halogens is 2. The lowest BCUT2D eigenvalue weighted by Gasteiger charge is -2.10. The van der Waals surface area contributed by atoms with E-state index in [9.17, 15) is 4.79 Å². The Morgan fingerprint density at radius 3 is 2.80 bits per heavy atom. The molecule has 1 amide bonds. The molecule has 0 unspecified atom stereocenters. The summed E-state index contributed by atoms with van der Waals surface area (Å²) in [6.45, 7) is 4.84. The maximum absolute atomic E-state index is 12.3.